The highest BCUT2D eigenvalue weighted by Crippen LogP contribution is 2.16. The molecule has 0 N–H and O–H groups in total. The van der Waals surface area contributed by atoms with Crippen LogP contribution in [0.1, 0.15) is 17.9 Å². The average molecular weight is 364 g/mol. The summed E-state index contributed by atoms with van der Waals surface area (Å²) in [5.74, 6) is 1.48. The van der Waals surface area contributed by atoms with Crippen molar-refractivity contribution in [2.45, 2.75) is 19.9 Å². The van der Waals surface area contributed by atoms with E-state index in [1.54, 1.807) is 24.3 Å². The van der Waals surface area contributed by atoms with Gasteiger partial charge in [-0.25, -0.2) is 0 Å². The summed E-state index contributed by atoms with van der Waals surface area (Å²) < 4.78 is 10.7. The van der Waals surface area contributed by atoms with E-state index >= 15 is 0 Å². The fourth-order valence-electron chi connectivity index (χ4n) is 2.87. The fraction of sp³-hybridized carbons (Fsp3) is 0.444. The van der Waals surface area contributed by atoms with Crippen LogP contribution in [0.5, 0.6) is 5.75 Å². The largest absolute Gasteiger partial charge is 0.484 e. The Morgan fingerprint density at radius 3 is 2.76 bits per heavy atom. The maximum absolute atomic E-state index is 12.4. The first-order chi connectivity index (χ1) is 12.1. The Hall–Kier alpha value is -2.05. The van der Waals surface area contributed by atoms with Crippen LogP contribution in [0.3, 0.4) is 0 Å². The lowest BCUT2D eigenvalue weighted by atomic mass is 10.3. The van der Waals surface area contributed by atoms with Crippen molar-refractivity contribution in [1.29, 1.82) is 0 Å². The van der Waals surface area contributed by atoms with E-state index in [4.69, 9.17) is 20.9 Å². The summed E-state index contributed by atoms with van der Waals surface area (Å²) in [6.45, 7) is 5.88. The molecular formula is C18H22ClN3O3. The van der Waals surface area contributed by atoms with Crippen molar-refractivity contribution >= 4 is 17.5 Å². The third-order valence-electron chi connectivity index (χ3n) is 4.18. The van der Waals surface area contributed by atoms with Crippen LogP contribution in [0.4, 0.5) is 0 Å². The van der Waals surface area contributed by atoms with Crippen LogP contribution in [0.2, 0.25) is 5.02 Å². The molecule has 134 valence electrons. The van der Waals surface area contributed by atoms with E-state index in [1.165, 1.54) is 0 Å². The van der Waals surface area contributed by atoms with Gasteiger partial charge in [0.25, 0.3) is 5.91 Å². The number of hydrogen-bond acceptors (Lipinski definition) is 5. The van der Waals surface area contributed by atoms with E-state index in [9.17, 15) is 4.79 Å². The van der Waals surface area contributed by atoms with Gasteiger partial charge in [-0.05, 0) is 37.6 Å². The van der Waals surface area contributed by atoms with E-state index in [0.717, 1.165) is 44.1 Å². The molecule has 1 aromatic heterocycles. The first kappa shape index (κ1) is 17.8. The van der Waals surface area contributed by atoms with Crippen LogP contribution in [-0.4, -0.2) is 53.6 Å². The number of hydrogen-bond donors (Lipinski definition) is 0. The third-order valence-corrected chi connectivity index (χ3v) is 4.43. The van der Waals surface area contributed by atoms with Crippen molar-refractivity contribution in [3.05, 3.63) is 46.8 Å². The molecule has 1 saturated heterocycles. The normalized spacial score (nSPS) is 15.8. The van der Waals surface area contributed by atoms with Gasteiger partial charge in [0.15, 0.2) is 6.61 Å². The number of rotatable bonds is 5. The van der Waals surface area contributed by atoms with Crippen molar-refractivity contribution in [3.63, 3.8) is 0 Å². The molecule has 6 nitrogen and oxygen atoms in total. The molecule has 7 heteroatoms. The molecule has 2 aromatic rings. The summed E-state index contributed by atoms with van der Waals surface area (Å²) in [7, 11) is 0. The highest BCUT2D eigenvalue weighted by atomic mass is 35.5. The van der Waals surface area contributed by atoms with Crippen LogP contribution >= 0.6 is 11.6 Å². The standard InChI is InChI=1S/C18H22ClN3O3/c1-14-11-16(20-25-14)12-21-7-2-8-22(10-9-21)18(23)13-24-17-5-3-15(19)4-6-17/h3-6,11H,2,7-10,12-13H2,1H3. The Morgan fingerprint density at radius 2 is 2.04 bits per heavy atom. The lowest BCUT2D eigenvalue weighted by Crippen LogP contribution is -2.38. The zero-order valence-electron chi connectivity index (χ0n) is 14.3. The van der Waals surface area contributed by atoms with Crippen LogP contribution in [-0.2, 0) is 11.3 Å². The molecule has 1 aromatic carbocycles. The van der Waals surface area contributed by atoms with Crippen LogP contribution < -0.4 is 4.74 Å². The van der Waals surface area contributed by atoms with E-state index in [-0.39, 0.29) is 12.5 Å². The average Bonchev–Trinajstić information content (AvgIpc) is 2.87. The van der Waals surface area contributed by atoms with Gasteiger partial charge in [-0.2, -0.15) is 0 Å². The minimum Gasteiger partial charge on any atom is -0.484 e. The second kappa shape index (κ2) is 8.36. The monoisotopic (exact) mass is 363 g/mol. The van der Waals surface area contributed by atoms with Crippen molar-refractivity contribution < 1.29 is 14.1 Å². The molecule has 0 aliphatic carbocycles. The number of amides is 1. The van der Waals surface area contributed by atoms with Gasteiger partial charge in [-0.1, -0.05) is 16.8 Å². The predicted octanol–water partition coefficient (Wildman–Crippen LogP) is 2.75. The molecule has 0 saturated carbocycles. The van der Waals surface area contributed by atoms with Crippen molar-refractivity contribution in [1.82, 2.24) is 15.0 Å². The number of ether oxygens (including phenoxy) is 1. The lowest BCUT2D eigenvalue weighted by Gasteiger charge is -2.21. The van der Waals surface area contributed by atoms with Crippen molar-refractivity contribution in [2.75, 3.05) is 32.8 Å². The lowest BCUT2D eigenvalue weighted by molar-refractivity contribution is -0.133. The number of halogens is 1. The number of benzene rings is 1. The number of aryl methyl sites for hydroxylation is 1. The molecule has 1 aliphatic rings. The molecule has 2 heterocycles. The molecule has 25 heavy (non-hydrogen) atoms. The number of carbonyl (C=O) groups excluding carboxylic acids is 1. The second-order valence-electron chi connectivity index (χ2n) is 6.18. The fourth-order valence-corrected chi connectivity index (χ4v) is 2.99. The Labute approximate surface area is 152 Å². The predicted molar refractivity (Wildman–Crippen MR) is 94.7 cm³/mol. The summed E-state index contributed by atoms with van der Waals surface area (Å²) >= 11 is 5.84. The minimum atomic E-state index is 0.00841. The summed E-state index contributed by atoms with van der Waals surface area (Å²) in [6.07, 6.45) is 0.934. The van der Waals surface area contributed by atoms with E-state index in [0.29, 0.717) is 17.3 Å². The van der Waals surface area contributed by atoms with Crippen LogP contribution in [0.25, 0.3) is 0 Å². The topological polar surface area (TPSA) is 58.8 Å². The zero-order valence-corrected chi connectivity index (χ0v) is 15.0. The minimum absolute atomic E-state index is 0.00841. The summed E-state index contributed by atoms with van der Waals surface area (Å²) in [5, 5.41) is 4.68. The van der Waals surface area contributed by atoms with Gasteiger partial charge in [-0.15, -0.1) is 0 Å². The molecule has 0 unspecified atom stereocenters. The van der Waals surface area contributed by atoms with Gasteiger partial charge in [0.2, 0.25) is 0 Å². The maximum atomic E-state index is 12.4. The quantitative estimate of drug-likeness (QED) is 0.817. The molecule has 1 fully saturated rings. The van der Waals surface area contributed by atoms with Gasteiger partial charge in [0.1, 0.15) is 11.5 Å². The molecular weight excluding hydrogens is 342 g/mol. The molecule has 0 radical (unpaired) electrons. The van der Waals surface area contributed by atoms with Crippen LogP contribution in [0, 0.1) is 6.92 Å². The first-order valence-corrected chi connectivity index (χ1v) is 8.78. The van der Waals surface area contributed by atoms with E-state index in [1.807, 2.05) is 17.9 Å². The summed E-state index contributed by atoms with van der Waals surface area (Å²) in [6, 6.07) is 8.97. The number of carbonyl (C=O) groups is 1. The second-order valence-corrected chi connectivity index (χ2v) is 6.62. The van der Waals surface area contributed by atoms with E-state index < -0.39 is 0 Å². The van der Waals surface area contributed by atoms with Gasteiger partial charge in [-0.3, -0.25) is 9.69 Å². The highest BCUT2D eigenvalue weighted by molar-refractivity contribution is 6.30. The van der Waals surface area contributed by atoms with Crippen molar-refractivity contribution in [2.24, 2.45) is 0 Å². The Kier molecular flexibility index (Phi) is 5.94. The smallest absolute Gasteiger partial charge is 0.260 e. The highest BCUT2D eigenvalue weighted by Gasteiger charge is 2.20. The number of aromatic nitrogens is 1. The number of nitrogens with zero attached hydrogens (tertiary/aromatic N) is 3. The maximum Gasteiger partial charge on any atom is 0.260 e. The first-order valence-electron chi connectivity index (χ1n) is 8.41. The Balaban J connectivity index is 1.46. The molecule has 0 bridgehead atoms. The third kappa shape index (κ3) is 5.21. The molecule has 0 spiro atoms. The molecule has 1 amide bonds. The summed E-state index contributed by atoms with van der Waals surface area (Å²) in [4.78, 5) is 16.5. The Bertz CT molecular complexity index is 702. The zero-order chi connectivity index (χ0) is 17.6. The van der Waals surface area contributed by atoms with Gasteiger partial charge in [0.05, 0.1) is 5.69 Å². The summed E-state index contributed by atoms with van der Waals surface area (Å²) in [5.41, 5.74) is 0.934. The van der Waals surface area contributed by atoms with Gasteiger partial charge >= 0.3 is 0 Å². The van der Waals surface area contributed by atoms with Gasteiger partial charge in [0, 0.05) is 43.8 Å². The van der Waals surface area contributed by atoms with Crippen LogP contribution in [0.15, 0.2) is 34.9 Å². The Morgan fingerprint density at radius 1 is 1.24 bits per heavy atom. The van der Waals surface area contributed by atoms with Gasteiger partial charge < -0.3 is 14.2 Å². The molecule has 0 atom stereocenters. The molecule has 3 rings (SSSR count). The van der Waals surface area contributed by atoms with E-state index in [2.05, 4.69) is 10.1 Å². The SMILES string of the molecule is Cc1cc(CN2CCCN(C(=O)COc3ccc(Cl)cc3)CC2)no1. The molecule has 1 aliphatic heterocycles. The van der Waals surface area contributed by atoms with Crippen molar-refractivity contribution in [3.8, 4) is 5.75 Å².